The monoisotopic (exact) mass is 236 g/mol. The summed E-state index contributed by atoms with van der Waals surface area (Å²) < 4.78 is 25.3. The summed E-state index contributed by atoms with van der Waals surface area (Å²) in [5.74, 6) is 0.301. The van der Waals surface area contributed by atoms with Crippen molar-refractivity contribution in [1.82, 2.24) is 4.31 Å². The molecule has 0 radical (unpaired) electrons. The molecule has 5 nitrogen and oxygen atoms in total. The molecule has 0 amide bonds. The number of aliphatic hydroxyl groups is 1. The molecule has 0 bridgehead atoms. The van der Waals surface area contributed by atoms with Crippen LogP contribution < -0.4 is 5.73 Å². The molecular formula is C9H20N2O3S. The Bertz CT molecular complexity index is 292. The van der Waals surface area contributed by atoms with E-state index in [1.54, 1.807) is 6.92 Å². The SMILES string of the molecule is CC(CN)S(=O)(=O)N1CCC(CCO)C1. The summed E-state index contributed by atoms with van der Waals surface area (Å²) in [6.45, 7) is 3.02. The Kier molecular flexibility index (Phi) is 4.51. The maximum absolute atomic E-state index is 11.9. The molecular weight excluding hydrogens is 216 g/mol. The Morgan fingerprint density at radius 3 is 2.80 bits per heavy atom. The van der Waals surface area contributed by atoms with Crippen LogP contribution in [0.15, 0.2) is 0 Å². The third kappa shape index (κ3) is 2.90. The number of sulfonamides is 1. The second kappa shape index (κ2) is 5.25. The van der Waals surface area contributed by atoms with E-state index in [2.05, 4.69) is 0 Å². The molecule has 6 heteroatoms. The van der Waals surface area contributed by atoms with Crippen LogP contribution in [-0.2, 0) is 10.0 Å². The first-order chi connectivity index (χ1) is 7.02. The van der Waals surface area contributed by atoms with E-state index in [0.29, 0.717) is 25.4 Å². The minimum atomic E-state index is -3.21. The first-order valence-corrected chi connectivity index (χ1v) is 6.82. The molecule has 1 fully saturated rings. The van der Waals surface area contributed by atoms with Crippen molar-refractivity contribution in [2.75, 3.05) is 26.2 Å². The molecule has 15 heavy (non-hydrogen) atoms. The topological polar surface area (TPSA) is 83.6 Å². The molecule has 0 aliphatic carbocycles. The number of nitrogens with zero attached hydrogens (tertiary/aromatic N) is 1. The van der Waals surface area contributed by atoms with Crippen molar-refractivity contribution in [3.8, 4) is 0 Å². The molecule has 1 aliphatic rings. The fourth-order valence-electron chi connectivity index (χ4n) is 1.82. The summed E-state index contributed by atoms with van der Waals surface area (Å²) in [6.07, 6.45) is 1.53. The van der Waals surface area contributed by atoms with Crippen molar-refractivity contribution in [2.24, 2.45) is 11.7 Å². The zero-order valence-electron chi connectivity index (χ0n) is 9.09. The van der Waals surface area contributed by atoms with E-state index in [9.17, 15) is 8.42 Å². The highest BCUT2D eigenvalue weighted by Gasteiger charge is 2.33. The van der Waals surface area contributed by atoms with Crippen LogP contribution >= 0.6 is 0 Å². The lowest BCUT2D eigenvalue weighted by molar-refractivity contribution is 0.259. The largest absolute Gasteiger partial charge is 0.396 e. The normalized spacial score (nSPS) is 25.7. The zero-order chi connectivity index (χ0) is 11.5. The van der Waals surface area contributed by atoms with Gasteiger partial charge in [0.05, 0.1) is 5.25 Å². The predicted molar refractivity (Wildman–Crippen MR) is 58.8 cm³/mol. The van der Waals surface area contributed by atoms with E-state index >= 15 is 0 Å². The van der Waals surface area contributed by atoms with Crippen LogP contribution in [0.5, 0.6) is 0 Å². The first kappa shape index (κ1) is 12.9. The van der Waals surface area contributed by atoms with Gasteiger partial charge in [-0.25, -0.2) is 12.7 Å². The quantitative estimate of drug-likeness (QED) is 0.665. The predicted octanol–water partition coefficient (Wildman–Crippen LogP) is -0.632. The Morgan fingerprint density at radius 2 is 2.27 bits per heavy atom. The van der Waals surface area contributed by atoms with Crippen LogP contribution in [0, 0.1) is 5.92 Å². The number of hydrogen-bond donors (Lipinski definition) is 2. The van der Waals surface area contributed by atoms with Crippen LogP contribution in [0.2, 0.25) is 0 Å². The molecule has 0 saturated carbocycles. The third-order valence-electron chi connectivity index (χ3n) is 2.99. The molecule has 0 spiro atoms. The third-order valence-corrected chi connectivity index (χ3v) is 5.25. The van der Waals surface area contributed by atoms with E-state index in [1.807, 2.05) is 0 Å². The van der Waals surface area contributed by atoms with Gasteiger partial charge in [0, 0.05) is 26.2 Å². The molecule has 1 rings (SSSR count). The van der Waals surface area contributed by atoms with Crippen molar-refractivity contribution < 1.29 is 13.5 Å². The molecule has 2 unspecified atom stereocenters. The number of rotatable bonds is 5. The highest BCUT2D eigenvalue weighted by atomic mass is 32.2. The molecule has 1 saturated heterocycles. The van der Waals surface area contributed by atoms with Crippen molar-refractivity contribution >= 4 is 10.0 Å². The van der Waals surface area contributed by atoms with E-state index < -0.39 is 15.3 Å². The van der Waals surface area contributed by atoms with Gasteiger partial charge < -0.3 is 10.8 Å². The minimum absolute atomic E-state index is 0.130. The van der Waals surface area contributed by atoms with Crippen LogP contribution in [0.1, 0.15) is 19.8 Å². The molecule has 0 aromatic heterocycles. The lowest BCUT2D eigenvalue weighted by Crippen LogP contribution is -2.39. The van der Waals surface area contributed by atoms with Gasteiger partial charge >= 0.3 is 0 Å². The lowest BCUT2D eigenvalue weighted by atomic mass is 10.1. The fourth-order valence-corrected chi connectivity index (χ4v) is 3.35. The maximum atomic E-state index is 11.9. The molecule has 1 aliphatic heterocycles. The van der Waals surface area contributed by atoms with Gasteiger partial charge in [0.2, 0.25) is 10.0 Å². The summed E-state index contributed by atoms with van der Waals surface area (Å²) in [5.41, 5.74) is 5.37. The fraction of sp³-hybridized carbons (Fsp3) is 1.00. The van der Waals surface area contributed by atoms with Crippen molar-refractivity contribution in [3.63, 3.8) is 0 Å². The number of hydrogen-bond acceptors (Lipinski definition) is 4. The molecule has 0 aromatic carbocycles. The van der Waals surface area contributed by atoms with E-state index in [0.717, 1.165) is 6.42 Å². The highest BCUT2D eigenvalue weighted by molar-refractivity contribution is 7.89. The summed E-state index contributed by atoms with van der Waals surface area (Å²) in [5, 5.41) is 8.27. The molecule has 1 heterocycles. The van der Waals surface area contributed by atoms with E-state index in [1.165, 1.54) is 4.31 Å². The number of aliphatic hydroxyl groups excluding tert-OH is 1. The van der Waals surface area contributed by atoms with Crippen molar-refractivity contribution in [3.05, 3.63) is 0 Å². The van der Waals surface area contributed by atoms with Gasteiger partial charge in [-0.15, -0.1) is 0 Å². The average molecular weight is 236 g/mol. The van der Waals surface area contributed by atoms with Gasteiger partial charge in [0.25, 0.3) is 0 Å². The summed E-state index contributed by atoms with van der Waals surface area (Å²) in [4.78, 5) is 0. The van der Waals surface area contributed by atoms with Crippen LogP contribution in [0.4, 0.5) is 0 Å². The zero-order valence-corrected chi connectivity index (χ0v) is 9.91. The van der Waals surface area contributed by atoms with Gasteiger partial charge in [0.15, 0.2) is 0 Å². The Labute approximate surface area is 91.3 Å². The van der Waals surface area contributed by atoms with Crippen LogP contribution in [0.25, 0.3) is 0 Å². The van der Waals surface area contributed by atoms with Gasteiger partial charge in [-0.2, -0.15) is 0 Å². The second-order valence-corrected chi connectivity index (χ2v) is 6.47. The van der Waals surface area contributed by atoms with Gasteiger partial charge in [-0.05, 0) is 25.7 Å². The van der Waals surface area contributed by atoms with Gasteiger partial charge in [-0.1, -0.05) is 0 Å². The van der Waals surface area contributed by atoms with E-state index in [-0.39, 0.29) is 13.2 Å². The Balaban J connectivity index is 2.60. The summed E-state index contributed by atoms with van der Waals surface area (Å²) >= 11 is 0. The van der Waals surface area contributed by atoms with E-state index in [4.69, 9.17) is 10.8 Å². The maximum Gasteiger partial charge on any atom is 0.217 e. The summed E-state index contributed by atoms with van der Waals surface area (Å²) in [7, 11) is -3.21. The van der Waals surface area contributed by atoms with Crippen molar-refractivity contribution in [1.29, 1.82) is 0 Å². The Morgan fingerprint density at radius 1 is 1.60 bits per heavy atom. The molecule has 0 aromatic rings. The smallest absolute Gasteiger partial charge is 0.217 e. The Hall–Kier alpha value is -0.170. The van der Waals surface area contributed by atoms with Crippen LogP contribution in [-0.4, -0.2) is 49.3 Å². The molecule has 2 atom stereocenters. The second-order valence-electron chi connectivity index (χ2n) is 4.12. The standard InChI is InChI=1S/C9H20N2O3S/c1-8(6-10)15(13,14)11-4-2-9(7-11)3-5-12/h8-9,12H,2-7,10H2,1H3. The molecule has 3 N–H and O–H groups in total. The first-order valence-electron chi connectivity index (χ1n) is 5.32. The van der Waals surface area contributed by atoms with Gasteiger partial charge in [0.1, 0.15) is 0 Å². The highest BCUT2D eigenvalue weighted by Crippen LogP contribution is 2.23. The lowest BCUT2D eigenvalue weighted by Gasteiger charge is -2.20. The van der Waals surface area contributed by atoms with Crippen molar-refractivity contribution in [2.45, 2.75) is 25.0 Å². The average Bonchev–Trinajstić information content (AvgIpc) is 2.66. The van der Waals surface area contributed by atoms with Crippen LogP contribution in [0.3, 0.4) is 0 Å². The van der Waals surface area contributed by atoms with Gasteiger partial charge in [-0.3, -0.25) is 0 Å². The summed E-state index contributed by atoms with van der Waals surface area (Å²) in [6, 6.07) is 0. The molecule has 90 valence electrons. The minimum Gasteiger partial charge on any atom is -0.396 e. The number of nitrogens with two attached hydrogens (primary N) is 1.